The molecule has 32 heavy (non-hydrogen) atoms. The molecule has 0 radical (unpaired) electrons. The van der Waals surface area contributed by atoms with Crippen molar-refractivity contribution in [2.75, 3.05) is 5.75 Å². The van der Waals surface area contributed by atoms with E-state index in [0.29, 0.717) is 39.2 Å². The molecular weight excluding hydrogens is 453 g/mol. The van der Waals surface area contributed by atoms with Crippen molar-refractivity contribution in [2.24, 2.45) is 0 Å². The monoisotopic (exact) mass is 469 g/mol. The summed E-state index contributed by atoms with van der Waals surface area (Å²) in [5.74, 6) is 0.0425. The molecule has 2 aromatic heterocycles. The number of aromatic nitrogens is 4. The molecule has 2 aromatic carbocycles. The highest BCUT2D eigenvalue weighted by molar-refractivity contribution is 7.99. The normalized spacial score (nSPS) is 15.1. The highest BCUT2D eigenvalue weighted by Crippen LogP contribution is 2.33. The van der Waals surface area contributed by atoms with Crippen molar-refractivity contribution in [1.82, 2.24) is 24.6 Å². The Bertz CT molecular complexity index is 1390. The van der Waals surface area contributed by atoms with E-state index in [4.69, 9.17) is 11.6 Å². The average Bonchev–Trinajstić information content (AvgIpc) is 3.39. The molecule has 0 spiro atoms. The van der Waals surface area contributed by atoms with Crippen LogP contribution in [0.15, 0.2) is 64.7 Å². The van der Waals surface area contributed by atoms with E-state index in [1.165, 1.54) is 34.8 Å². The van der Waals surface area contributed by atoms with Gasteiger partial charge in [0.2, 0.25) is 5.91 Å². The molecule has 1 unspecified atom stereocenters. The molecular formula is C22H17ClFN5O2S. The minimum atomic E-state index is -0.356. The van der Waals surface area contributed by atoms with Gasteiger partial charge in [-0.3, -0.25) is 14.2 Å². The van der Waals surface area contributed by atoms with E-state index in [0.717, 1.165) is 5.56 Å². The van der Waals surface area contributed by atoms with E-state index >= 15 is 0 Å². The molecule has 0 bridgehead atoms. The molecule has 0 saturated heterocycles. The number of amides is 1. The molecule has 0 fully saturated rings. The Balaban J connectivity index is 1.38. The fourth-order valence-corrected chi connectivity index (χ4v) is 5.01. The lowest BCUT2D eigenvalue weighted by Crippen LogP contribution is -2.30. The SMILES string of the molecule is O=C(CC1CSc2nc3c(cnn3-c3ccc(F)cc3)c(=O)n21)NCc1ccccc1Cl. The van der Waals surface area contributed by atoms with Gasteiger partial charge in [-0.25, -0.2) is 14.1 Å². The van der Waals surface area contributed by atoms with Crippen LogP contribution in [0.4, 0.5) is 4.39 Å². The molecule has 0 aliphatic carbocycles. The van der Waals surface area contributed by atoms with Crippen molar-refractivity contribution >= 4 is 40.3 Å². The third kappa shape index (κ3) is 3.78. The van der Waals surface area contributed by atoms with Crippen LogP contribution in [0.3, 0.4) is 0 Å². The number of benzene rings is 2. The van der Waals surface area contributed by atoms with Gasteiger partial charge < -0.3 is 5.32 Å². The summed E-state index contributed by atoms with van der Waals surface area (Å²) < 4.78 is 16.3. The summed E-state index contributed by atoms with van der Waals surface area (Å²) in [6, 6.07) is 12.8. The Morgan fingerprint density at radius 3 is 2.78 bits per heavy atom. The molecule has 1 aliphatic rings. The zero-order chi connectivity index (χ0) is 22.2. The lowest BCUT2D eigenvalue weighted by molar-refractivity contribution is -0.121. The van der Waals surface area contributed by atoms with Gasteiger partial charge in [-0.15, -0.1) is 0 Å². The van der Waals surface area contributed by atoms with Crippen LogP contribution in [-0.4, -0.2) is 31.0 Å². The second-order valence-corrected chi connectivity index (χ2v) is 8.77. The van der Waals surface area contributed by atoms with E-state index < -0.39 is 0 Å². The van der Waals surface area contributed by atoms with Crippen LogP contribution in [0.5, 0.6) is 0 Å². The minimum absolute atomic E-state index is 0.156. The number of rotatable bonds is 5. The average molecular weight is 470 g/mol. The van der Waals surface area contributed by atoms with Gasteiger partial charge in [0, 0.05) is 23.7 Å². The summed E-state index contributed by atoms with van der Waals surface area (Å²) in [6.45, 7) is 0.321. The van der Waals surface area contributed by atoms with Gasteiger partial charge in [-0.1, -0.05) is 41.6 Å². The van der Waals surface area contributed by atoms with Crippen LogP contribution in [0.2, 0.25) is 5.02 Å². The van der Waals surface area contributed by atoms with Gasteiger partial charge in [-0.2, -0.15) is 5.10 Å². The van der Waals surface area contributed by atoms with Gasteiger partial charge in [0.25, 0.3) is 5.56 Å². The fraction of sp³-hybridized carbons (Fsp3) is 0.182. The number of nitrogens with one attached hydrogen (secondary N) is 1. The van der Waals surface area contributed by atoms with Gasteiger partial charge in [0.15, 0.2) is 10.8 Å². The highest BCUT2D eigenvalue weighted by atomic mass is 35.5. The van der Waals surface area contributed by atoms with Crippen molar-refractivity contribution in [1.29, 1.82) is 0 Å². The number of nitrogens with zero attached hydrogens (tertiary/aromatic N) is 4. The van der Waals surface area contributed by atoms with Crippen LogP contribution in [0.1, 0.15) is 18.0 Å². The molecule has 1 N–H and O–H groups in total. The first-order valence-electron chi connectivity index (χ1n) is 9.90. The Kier molecular flexibility index (Phi) is 5.44. The zero-order valence-electron chi connectivity index (χ0n) is 16.7. The van der Waals surface area contributed by atoms with Crippen LogP contribution < -0.4 is 10.9 Å². The maximum Gasteiger partial charge on any atom is 0.265 e. The van der Waals surface area contributed by atoms with Gasteiger partial charge in [0.1, 0.15) is 11.2 Å². The summed E-state index contributed by atoms with van der Waals surface area (Å²) in [6.07, 6.45) is 1.61. The first kappa shape index (κ1) is 20.7. The van der Waals surface area contributed by atoms with Gasteiger partial charge in [0.05, 0.1) is 17.9 Å². The van der Waals surface area contributed by atoms with Crippen LogP contribution in [-0.2, 0) is 11.3 Å². The lowest BCUT2D eigenvalue weighted by atomic mass is 10.2. The van der Waals surface area contributed by atoms with Gasteiger partial charge >= 0.3 is 0 Å². The lowest BCUT2D eigenvalue weighted by Gasteiger charge is -2.14. The predicted molar refractivity (Wildman–Crippen MR) is 121 cm³/mol. The summed E-state index contributed by atoms with van der Waals surface area (Å²) in [4.78, 5) is 30.3. The maximum absolute atomic E-state index is 13.3. The minimum Gasteiger partial charge on any atom is -0.352 e. The Morgan fingerprint density at radius 2 is 2.00 bits per heavy atom. The molecule has 7 nitrogen and oxygen atoms in total. The molecule has 10 heteroatoms. The summed E-state index contributed by atoms with van der Waals surface area (Å²) >= 11 is 7.56. The second-order valence-electron chi connectivity index (χ2n) is 7.38. The summed E-state index contributed by atoms with van der Waals surface area (Å²) in [5, 5.41) is 8.62. The highest BCUT2D eigenvalue weighted by Gasteiger charge is 2.29. The van der Waals surface area contributed by atoms with Crippen molar-refractivity contribution in [3.05, 3.63) is 81.5 Å². The van der Waals surface area contributed by atoms with E-state index in [9.17, 15) is 14.0 Å². The quantitative estimate of drug-likeness (QED) is 0.450. The first-order valence-corrected chi connectivity index (χ1v) is 11.3. The summed E-state index contributed by atoms with van der Waals surface area (Å²) in [7, 11) is 0. The maximum atomic E-state index is 13.3. The third-order valence-electron chi connectivity index (χ3n) is 5.30. The van der Waals surface area contributed by atoms with Crippen LogP contribution in [0, 0.1) is 5.82 Å². The zero-order valence-corrected chi connectivity index (χ0v) is 18.2. The first-order chi connectivity index (χ1) is 15.5. The van der Waals surface area contributed by atoms with Gasteiger partial charge in [-0.05, 0) is 35.9 Å². The standard InChI is InChI=1S/C22H17ClFN5O2S/c23-18-4-2-1-3-13(18)10-25-19(30)9-16-12-32-22-27-20-17(21(31)28(16)22)11-26-29(20)15-7-5-14(24)6-8-15/h1-8,11,16H,9-10,12H2,(H,25,30). The molecule has 1 aliphatic heterocycles. The number of carbonyl (C=O) groups excluding carboxylic acids is 1. The smallest absolute Gasteiger partial charge is 0.265 e. The second kappa shape index (κ2) is 8.40. The molecule has 3 heterocycles. The number of hydrogen-bond acceptors (Lipinski definition) is 5. The molecule has 5 rings (SSSR count). The number of thioether (sulfide) groups is 1. The van der Waals surface area contributed by atoms with E-state index in [1.54, 1.807) is 22.8 Å². The Morgan fingerprint density at radius 1 is 1.22 bits per heavy atom. The number of fused-ring (bicyclic) bond motifs is 2. The molecule has 0 saturated carbocycles. The van der Waals surface area contributed by atoms with Crippen molar-refractivity contribution in [3.8, 4) is 5.69 Å². The van der Waals surface area contributed by atoms with Crippen LogP contribution >= 0.6 is 23.4 Å². The molecule has 1 amide bonds. The third-order valence-corrected chi connectivity index (χ3v) is 6.76. The molecule has 1 atom stereocenters. The van der Waals surface area contributed by atoms with Crippen molar-refractivity contribution < 1.29 is 9.18 Å². The van der Waals surface area contributed by atoms with Crippen molar-refractivity contribution in [3.63, 3.8) is 0 Å². The Hall–Kier alpha value is -3.17. The fourth-order valence-electron chi connectivity index (χ4n) is 3.67. The number of carbonyl (C=O) groups is 1. The Labute approximate surface area is 191 Å². The number of hydrogen-bond donors (Lipinski definition) is 1. The topological polar surface area (TPSA) is 81.8 Å². The predicted octanol–water partition coefficient (Wildman–Crippen LogP) is 3.73. The molecule has 4 aromatic rings. The van der Waals surface area contributed by atoms with Crippen LogP contribution in [0.25, 0.3) is 16.7 Å². The van der Waals surface area contributed by atoms with Crippen molar-refractivity contribution in [2.45, 2.75) is 24.2 Å². The molecule has 162 valence electrons. The van der Waals surface area contributed by atoms with E-state index in [-0.39, 0.29) is 29.7 Å². The number of halogens is 2. The summed E-state index contributed by atoms with van der Waals surface area (Å²) in [5.41, 5.74) is 1.60. The largest absolute Gasteiger partial charge is 0.352 e. The van der Waals surface area contributed by atoms with E-state index in [2.05, 4.69) is 15.4 Å². The van der Waals surface area contributed by atoms with E-state index in [1.807, 2.05) is 18.2 Å².